The first kappa shape index (κ1) is 14.6. The molecular weight excluding hydrogens is 324 g/mol. The topological polar surface area (TPSA) is 89.4 Å². The van der Waals surface area contributed by atoms with Crippen LogP contribution in [0.3, 0.4) is 0 Å². The molecule has 118 valence electrons. The van der Waals surface area contributed by atoms with Gasteiger partial charge in [0.05, 0.1) is 11.3 Å². The lowest BCUT2D eigenvalue weighted by molar-refractivity contribution is 0.644. The number of H-pyrrole nitrogens is 1. The van der Waals surface area contributed by atoms with Crippen molar-refractivity contribution in [2.75, 3.05) is 0 Å². The Morgan fingerprint density at radius 2 is 1.83 bits per heavy atom. The number of aromatic nitrogens is 6. The van der Waals surface area contributed by atoms with Crippen LogP contribution >= 0.6 is 11.8 Å². The first-order chi connectivity index (χ1) is 11.8. The van der Waals surface area contributed by atoms with Gasteiger partial charge in [-0.3, -0.25) is 9.89 Å². The van der Waals surface area contributed by atoms with E-state index in [4.69, 9.17) is 0 Å². The maximum absolute atomic E-state index is 12.4. The molecule has 0 fully saturated rings. The van der Waals surface area contributed by atoms with E-state index < -0.39 is 0 Å². The van der Waals surface area contributed by atoms with E-state index in [1.807, 2.05) is 42.5 Å². The Morgan fingerprint density at radius 1 is 1.04 bits per heavy atom. The molecule has 2 aromatic carbocycles. The van der Waals surface area contributed by atoms with Gasteiger partial charge in [0.1, 0.15) is 5.52 Å². The molecule has 4 rings (SSSR count). The van der Waals surface area contributed by atoms with Gasteiger partial charge in [-0.2, -0.15) is 4.68 Å². The Morgan fingerprint density at radius 3 is 2.71 bits per heavy atom. The van der Waals surface area contributed by atoms with Crippen molar-refractivity contribution in [1.82, 2.24) is 30.2 Å². The van der Waals surface area contributed by atoms with Gasteiger partial charge in [-0.15, -0.1) is 10.2 Å². The summed E-state index contributed by atoms with van der Waals surface area (Å²) in [6.07, 6.45) is 0. The van der Waals surface area contributed by atoms with Crippen molar-refractivity contribution >= 4 is 22.7 Å². The highest BCUT2D eigenvalue weighted by atomic mass is 32.2. The molecule has 0 aliphatic rings. The second-order valence-corrected chi connectivity index (χ2v) is 5.93. The summed E-state index contributed by atoms with van der Waals surface area (Å²) in [7, 11) is 0. The summed E-state index contributed by atoms with van der Waals surface area (Å²) in [6, 6.07) is 16.9. The van der Waals surface area contributed by atoms with Crippen LogP contribution in [-0.2, 0) is 5.88 Å². The second-order valence-electron chi connectivity index (χ2n) is 5.02. The highest BCUT2D eigenvalue weighted by Gasteiger charge is 2.09. The summed E-state index contributed by atoms with van der Waals surface area (Å²) in [5.74, 6) is 0.984. The molecule has 0 aliphatic carbocycles. The van der Waals surface area contributed by atoms with Gasteiger partial charge in [0.25, 0.3) is 5.56 Å². The highest BCUT2D eigenvalue weighted by Crippen LogP contribution is 2.19. The number of hydrogen-bond acceptors (Lipinski definition) is 6. The molecule has 0 atom stereocenters. The van der Waals surface area contributed by atoms with Crippen LogP contribution < -0.4 is 5.56 Å². The minimum atomic E-state index is -0.174. The first-order valence-electron chi connectivity index (χ1n) is 7.24. The molecule has 24 heavy (non-hydrogen) atoms. The normalized spacial score (nSPS) is 11.0. The molecule has 1 N–H and O–H groups in total. The van der Waals surface area contributed by atoms with Crippen LogP contribution in [0.15, 0.2) is 64.5 Å². The number of aromatic amines is 1. The molecule has 2 heterocycles. The van der Waals surface area contributed by atoms with Gasteiger partial charge in [0, 0.05) is 5.56 Å². The Hall–Kier alpha value is -3.00. The van der Waals surface area contributed by atoms with E-state index >= 15 is 0 Å². The van der Waals surface area contributed by atoms with Crippen molar-refractivity contribution in [1.29, 1.82) is 0 Å². The van der Waals surface area contributed by atoms with Crippen molar-refractivity contribution in [2.24, 2.45) is 0 Å². The lowest BCUT2D eigenvalue weighted by Crippen LogP contribution is -2.23. The molecule has 0 saturated carbocycles. The smallest absolute Gasteiger partial charge is 0.267 e. The van der Waals surface area contributed by atoms with Gasteiger partial charge in [0.15, 0.2) is 5.82 Å². The minimum Gasteiger partial charge on any atom is -0.267 e. The SMILES string of the molecule is O=c1c2ccccc2nnn1CSc1n[nH]c(-c2ccccc2)n1. The van der Waals surface area contributed by atoms with Gasteiger partial charge in [-0.25, -0.2) is 4.98 Å². The molecule has 0 amide bonds. The third-order valence-corrected chi connectivity index (χ3v) is 4.27. The number of fused-ring (bicyclic) bond motifs is 1. The molecule has 8 heteroatoms. The van der Waals surface area contributed by atoms with Gasteiger partial charge in [-0.1, -0.05) is 59.4 Å². The minimum absolute atomic E-state index is 0.174. The van der Waals surface area contributed by atoms with Crippen LogP contribution in [0, 0.1) is 0 Å². The monoisotopic (exact) mass is 336 g/mol. The third kappa shape index (κ3) is 2.79. The van der Waals surface area contributed by atoms with Gasteiger partial charge >= 0.3 is 0 Å². The zero-order chi connectivity index (χ0) is 16.4. The van der Waals surface area contributed by atoms with E-state index in [2.05, 4.69) is 25.5 Å². The first-order valence-corrected chi connectivity index (χ1v) is 8.23. The van der Waals surface area contributed by atoms with Crippen LogP contribution in [0.5, 0.6) is 0 Å². The van der Waals surface area contributed by atoms with Crippen LogP contribution in [-0.4, -0.2) is 30.2 Å². The number of rotatable bonds is 4. The largest absolute Gasteiger partial charge is 0.278 e. The second kappa shape index (κ2) is 6.25. The average molecular weight is 336 g/mol. The van der Waals surface area contributed by atoms with E-state index in [1.54, 1.807) is 12.1 Å². The Bertz CT molecular complexity index is 1040. The summed E-state index contributed by atoms with van der Waals surface area (Å²) in [5, 5.41) is 16.2. The molecule has 0 aliphatic heterocycles. The van der Waals surface area contributed by atoms with Gasteiger partial charge in [0.2, 0.25) is 5.16 Å². The summed E-state index contributed by atoms with van der Waals surface area (Å²) in [5.41, 5.74) is 1.37. The molecule has 0 saturated heterocycles. The quantitative estimate of drug-likeness (QED) is 0.575. The molecule has 7 nitrogen and oxygen atoms in total. The molecule has 0 bridgehead atoms. The third-order valence-electron chi connectivity index (χ3n) is 3.46. The Labute approximate surface area is 140 Å². The summed E-state index contributed by atoms with van der Waals surface area (Å²) in [4.78, 5) is 16.8. The zero-order valence-corrected chi connectivity index (χ0v) is 13.3. The maximum atomic E-state index is 12.4. The van der Waals surface area contributed by atoms with E-state index in [0.29, 0.717) is 27.8 Å². The van der Waals surface area contributed by atoms with E-state index in [0.717, 1.165) is 5.56 Å². The van der Waals surface area contributed by atoms with Crippen LogP contribution in [0.25, 0.3) is 22.3 Å². The van der Waals surface area contributed by atoms with Crippen molar-refractivity contribution < 1.29 is 0 Å². The van der Waals surface area contributed by atoms with Crippen molar-refractivity contribution in [3.8, 4) is 11.4 Å². The van der Waals surface area contributed by atoms with Crippen LogP contribution in [0.2, 0.25) is 0 Å². The fraction of sp³-hybridized carbons (Fsp3) is 0.0625. The molecule has 0 radical (unpaired) electrons. The zero-order valence-electron chi connectivity index (χ0n) is 12.5. The molecule has 2 aromatic heterocycles. The maximum Gasteiger partial charge on any atom is 0.278 e. The van der Waals surface area contributed by atoms with Crippen LogP contribution in [0.4, 0.5) is 0 Å². The predicted molar refractivity (Wildman–Crippen MR) is 91.5 cm³/mol. The Balaban J connectivity index is 1.55. The average Bonchev–Trinajstić information content (AvgIpc) is 3.11. The predicted octanol–water partition coefficient (Wildman–Crippen LogP) is 2.33. The lowest BCUT2D eigenvalue weighted by Gasteiger charge is -2.02. The van der Waals surface area contributed by atoms with Gasteiger partial charge in [-0.05, 0) is 12.1 Å². The molecular formula is C16H12N6OS. The summed E-state index contributed by atoms with van der Waals surface area (Å²) in [6.45, 7) is 0. The summed E-state index contributed by atoms with van der Waals surface area (Å²) < 4.78 is 1.31. The standard InChI is InChI=1S/C16H12N6OS/c23-15-12-8-4-5-9-13(12)18-21-22(15)10-24-16-17-14(19-20-16)11-6-2-1-3-7-11/h1-9H,10H2,(H,17,19,20). The van der Waals surface area contributed by atoms with Crippen LogP contribution in [0.1, 0.15) is 0 Å². The number of nitrogens with one attached hydrogen (secondary N) is 1. The molecule has 4 aromatic rings. The number of hydrogen-bond donors (Lipinski definition) is 1. The van der Waals surface area contributed by atoms with E-state index in [9.17, 15) is 4.79 Å². The fourth-order valence-corrected chi connectivity index (χ4v) is 2.94. The van der Waals surface area contributed by atoms with Crippen molar-refractivity contribution in [3.63, 3.8) is 0 Å². The summed E-state index contributed by atoms with van der Waals surface area (Å²) >= 11 is 1.32. The number of benzene rings is 2. The molecule has 0 spiro atoms. The highest BCUT2D eigenvalue weighted by molar-refractivity contribution is 7.98. The van der Waals surface area contributed by atoms with Crippen molar-refractivity contribution in [2.45, 2.75) is 11.0 Å². The number of nitrogens with zero attached hydrogens (tertiary/aromatic N) is 5. The van der Waals surface area contributed by atoms with E-state index in [-0.39, 0.29) is 5.56 Å². The lowest BCUT2D eigenvalue weighted by atomic mass is 10.2. The fourth-order valence-electron chi connectivity index (χ4n) is 2.26. The van der Waals surface area contributed by atoms with Crippen molar-refractivity contribution in [3.05, 3.63) is 65.0 Å². The van der Waals surface area contributed by atoms with Gasteiger partial charge < -0.3 is 0 Å². The van der Waals surface area contributed by atoms with E-state index in [1.165, 1.54) is 16.4 Å². The molecule has 0 unspecified atom stereocenters. The Kier molecular flexibility index (Phi) is 3.80. The number of thioether (sulfide) groups is 1.